The predicted octanol–water partition coefficient (Wildman–Crippen LogP) is 2.32. The molecule has 76 valence electrons. The largest absolute Gasteiger partial charge is 0.352 e. The van der Waals surface area contributed by atoms with Crippen molar-refractivity contribution in [3.8, 4) is 0 Å². The average Bonchev–Trinajstić information content (AvgIpc) is 2.84. The lowest BCUT2D eigenvalue weighted by molar-refractivity contribution is -0.121. The van der Waals surface area contributed by atoms with Crippen LogP contribution in [0, 0.1) is 11.8 Å². The predicted molar refractivity (Wildman–Crippen MR) is 57.9 cm³/mol. The van der Waals surface area contributed by atoms with Gasteiger partial charge in [0.15, 0.2) is 0 Å². The van der Waals surface area contributed by atoms with Crippen LogP contribution >= 0.6 is 15.9 Å². The van der Waals surface area contributed by atoms with Crippen molar-refractivity contribution in [3.63, 3.8) is 0 Å². The molecule has 3 heteroatoms. The third kappa shape index (κ3) is 3.29. The van der Waals surface area contributed by atoms with E-state index in [1.165, 1.54) is 12.8 Å². The molecule has 1 aliphatic carbocycles. The monoisotopic (exact) mass is 247 g/mol. The summed E-state index contributed by atoms with van der Waals surface area (Å²) in [6, 6.07) is 0.353. The minimum atomic E-state index is -0.0475. The van der Waals surface area contributed by atoms with Gasteiger partial charge in [-0.3, -0.25) is 4.79 Å². The van der Waals surface area contributed by atoms with E-state index in [2.05, 4.69) is 28.2 Å². The van der Waals surface area contributed by atoms with Gasteiger partial charge in [0.25, 0.3) is 0 Å². The molecule has 0 bridgehead atoms. The summed E-state index contributed by atoms with van der Waals surface area (Å²) in [4.78, 5) is 11.5. The van der Waals surface area contributed by atoms with Crippen LogP contribution in [0.2, 0.25) is 0 Å². The number of carbonyl (C=O) groups excluding carboxylic acids is 1. The highest BCUT2D eigenvalue weighted by molar-refractivity contribution is 9.10. The third-order valence-corrected chi connectivity index (χ3v) is 4.01. The van der Waals surface area contributed by atoms with Crippen LogP contribution in [0.5, 0.6) is 0 Å². The zero-order chi connectivity index (χ0) is 10.0. The minimum absolute atomic E-state index is 0.0475. The van der Waals surface area contributed by atoms with Crippen LogP contribution in [0.1, 0.15) is 33.6 Å². The smallest absolute Gasteiger partial charge is 0.234 e. The van der Waals surface area contributed by atoms with Crippen molar-refractivity contribution < 1.29 is 4.79 Å². The summed E-state index contributed by atoms with van der Waals surface area (Å²) in [5, 5.41) is 3.04. The van der Waals surface area contributed by atoms with E-state index in [4.69, 9.17) is 0 Å². The van der Waals surface area contributed by atoms with Crippen molar-refractivity contribution in [2.75, 3.05) is 0 Å². The molecule has 13 heavy (non-hydrogen) atoms. The molecule has 2 nitrogen and oxygen atoms in total. The van der Waals surface area contributed by atoms with Crippen molar-refractivity contribution in [1.29, 1.82) is 0 Å². The van der Waals surface area contributed by atoms with Crippen molar-refractivity contribution in [2.24, 2.45) is 11.8 Å². The van der Waals surface area contributed by atoms with E-state index in [1.54, 1.807) is 0 Å². The minimum Gasteiger partial charge on any atom is -0.352 e. The summed E-state index contributed by atoms with van der Waals surface area (Å²) in [5.41, 5.74) is 0. The van der Waals surface area contributed by atoms with E-state index >= 15 is 0 Å². The maximum atomic E-state index is 11.6. The van der Waals surface area contributed by atoms with Gasteiger partial charge in [0.05, 0.1) is 4.83 Å². The van der Waals surface area contributed by atoms with E-state index < -0.39 is 0 Å². The Morgan fingerprint density at radius 3 is 2.31 bits per heavy atom. The van der Waals surface area contributed by atoms with Crippen LogP contribution < -0.4 is 5.32 Å². The standard InChI is InChI=1S/C10H18BrNO/c1-6(2)9(11)10(13)12-7(3)8-4-5-8/h6-9H,4-5H2,1-3H3,(H,12,13). The van der Waals surface area contributed by atoms with Crippen LogP contribution in [0.15, 0.2) is 0 Å². The second-order valence-electron chi connectivity index (χ2n) is 4.28. The van der Waals surface area contributed by atoms with Gasteiger partial charge in [-0.1, -0.05) is 29.8 Å². The molecule has 1 saturated carbocycles. The molecular weight excluding hydrogens is 230 g/mol. The van der Waals surface area contributed by atoms with Crippen LogP contribution in [-0.4, -0.2) is 16.8 Å². The van der Waals surface area contributed by atoms with Gasteiger partial charge in [-0.05, 0) is 31.6 Å². The molecule has 1 fully saturated rings. The molecular formula is C10H18BrNO. The Bertz CT molecular complexity index is 189. The van der Waals surface area contributed by atoms with Crippen LogP contribution in [0.3, 0.4) is 0 Å². The highest BCUT2D eigenvalue weighted by atomic mass is 79.9. The summed E-state index contributed by atoms with van der Waals surface area (Å²) in [7, 11) is 0. The number of alkyl halides is 1. The summed E-state index contributed by atoms with van der Waals surface area (Å²) in [6.45, 7) is 6.18. The fourth-order valence-corrected chi connectivity index (χ4v) is 1.45. The van der Waals surface area contributed by atoms with Crippen LogP contribution in [0.25, 0.3) is 0 Å². The van der Waals surface area contributed by atoms with Gasteiger partial charge in [0.1, 0.15) is 0 Å². The first-order valence-electron chi connectivity index (χ1n) is 4.96. The lowest BCUT2D eigenvalue weighted by atomic mass is 10.1. The third-order valence-electron chi connectivity index (χ3n) is 2.53. The first-order chi connectivity index (χ1) is 6.02. The number of hydrogen-bond donors (Lipinski definition) is 1. The van der Waals surface area contributed by atoms with E-state index in [0.29, 0.717) is 12.0 Å². The Morgan fingerprint density at radius 2 is 1.92 bits per heavy atom. The summed E-state index contributed by atoms with van der Waals surface area (Å²) >= 11 is 3.39. The fraction of sp³-hybridized carbons (Fsp3) is 0.900. The summed E-state index contributed by atoms with van der Waals surface area (Å²) < 4.78 is 0. The summed E-state index contributed by atoms with van der Waals surface area (Å²) in [6.07, 6.45) is 2.55. The molecule has 0 aromatic rings. The highest BCUT2D eigenvalue weighted by Gasteiger charge is 2.30. The number of amides is 1. The molecule has 0 aliphatic heterocycles. The lowest BCUT2D eigenvalue weighted by Gasteiger charge is -2.18. The van der Waals surface area contributed by atoms with Gasteiger partial charge in [0, 0.05) is 6.04 Å². The molecule has 0 radical (unpaired) electrons. The normalized spacial score (nSPS) is 21.3. The van der Waals surface area contributed by atoms with Gasteiger partial charge in [-0.2, -0.15) is 0 Å². The number of hydrogen-bond acceptors (Lipinski definition) is 1. The Labute approximate surface area is 88.6 Å². The molecule has 2 unspecified atom stereocenters. The Kier molecular flexibility index (Phi) is 3.77. The molecule has 0 heterocycles. The number of nitrogens with one attached hydrogen (secondary N) is 1. The number of halogens is 1. The van der Waals surface area contributed by atoms with E-state index in [-0.39, 0.29) is 10.7 Å². The van der Waals surface area contributed by atoms with Crippen LogP contribution in [-0.2, 0) is 4.79 Å². The molecule has 1 rings (SSSR count). The first kappa shape index (κ1) is 11.0. The number of rotatable bonds is 4. The lowest BCUT2D eigenvalue weighted by Crippen LogP contribution is -2.40. The van der Waals surface area contributed by atoms with Gasteiger partial charge in [-0.15, -0.1) is 0 Å². The molecule has 0 aromatic heterocycles. The highest BCUT2D eigenvalue weighted by Crippen LogP contribution is 2.32. The van der Waals surface area contributed by atoms with E-state index in [0.717, 1.165) is 5.92 Å². The molecule has 1 N–H and O–H groups in total. The molecule has 1 amide bonds. The Balaban J connectivity index is 2.30. The maximum absolute atomic E-state index is 11.6. The van der Waals surface area contributed by atoms with E-state index in [9.17, 15) is 4.79 Å². The summed E-state index contributed by atoms with van der Waals surface area (Å²) in [5.74, 6) is 1.22. The van der Waals surface area contributed by atoms with E-state index in [1.807, 2.05) is 13.8 Å². The average molecular weight is 248 g/mol. The van der Waals surface area contributed by atoms with Crippen molar-refractivity contribution in [2.45, 2.75) is 44.5 Å². The molecule has 0 spiro atoms. The molecule has 1 aliphatic rings. The SMILES string of the molecule is CC(C)C(Br)C(=O)NC(C)C1CC1. The van der Waals surface area contributed by atoms with Gasteiger partial charge in [0.2, 0.25) is 5.91 Å². The topological polar surface area (TPSA) is 29.1 Å². The fourth-order valence-electron chi connectivity index (χ4n) is 1.32. The van der Waals surface area contributed by atoms with Crippen molar-refractivity contribution >= 4 is 21.8 Å². The van der Waals surface area contributed by atoms with Crippen molar-refractivity contribution in [3.05, 3.63) is 0 Å². The second-order valence-corrected chi connectivity index (χ2v) is 5.27. The maximum Gasteiger partial charge on any atom is 0.234 e. The second kappa shape index (κ2) is 4.45. The van der Waals surface area contributed by atoms with Gasteiger partial charge >= 0.3 is 0 Å². The zero-order valence-electron chi connectivity index (χ0n) is 8.51. The van der Waals surface area contributed by atoms with Crippen molar-refractivity contribution in [1.82, 2.24) is 5.32 Å². The number of carbonyl (C=O) groups is 1. The van der Waals surface area contributed by atoms with Gasteiger partial charge in [-0.25, -0.2) is 0 Å². The zero-order valence-corrected chi connectivity index (χ0v) is 10.1. The molecule has 2 atom stereocenters. The quantitative estimate of drug-likeness (QED) is 0.760. The Morgan fingerprint density at radius 1 is 1.38 bits per heavy atom. The molecule has 0 aromatic carbocycles. The molecule has 0 saturated heterocycles. The Hall–Kier alpha value is -0.0500. The first-order valence-corrected chi connectivity index (χ1v) is 5.88. The van der Waals surface area contributed by atoms with Gasteiger partial charge < -0.3 is 5.32 Å². The van der Waals surface area contributed by atoms with Crippen LogP contribution in [0.4, 0.5) is 0 Å².